The van der Waals surface area contributed by atoms with Crippen molar-refractivity contribution < 1.29 is 14.3 Å². The lowest BCUT2D eigenvalue weighted by molar-refractivity contribution is -0.124. The Kier molecular flexibility index (Phi) is 6.93. The fraction of sp³-hybridized carbons (Fsp3) is 0.714. The molecule has 1 aliphatic heterocycles. The number of hydrogen-bond donors (Lipinski definition) is 0. The number of rotatable bonds is 5. The summed E-state index contributed by atoms with van der Waals surface area (Å²) >= 11 is 1.38. The van der Waals surface area contributed by atoms with Crippen molar-refractivity contribution >= 4 is 28.9 Å². The summed E-state index contributed by atoms with van der Waals surface area (Å²) in [7, 11) is 2.12. The van der Waals surface area contributed by atoms with E-state index in [1.54, 1.807) is 0 Å². The molecule has 6 heteroatoms. The first-order valence-electron chi connectivity index (χ1n) is 10.3. The Morgan fingerprint density at radius 3 is 2.48 bits per heavy atom. The third-order valence-electron chi connectivity index (χ3n) is 6.02. The Bertz CT molecular complexity index is 644. The number of anilines is 1. The number of esters is 1. The van der Waals surface area contributed by atoms with Gasteiger partial charge in [0.1, 0.15) is 4.88 Å². The van der Waals surface area contributed by atoms with Crippen LogP contribution in [-0.4, -0.2) is 49.6 Å². The standard InChI is InChI=1S/C21H32N2O3S/c1-4-26-21(25)19-18(11-14-27-19)23(17-9-12-22(3)13-10-17)20(24)16-7-5-15(2)6-8-16/h11,14-17H,4-10,12-13H2,1-3H3/t15-,16-. The highest BCUT2D eigenvalue weighted by molar-refractivity contribution is 7.12. The van der Waals surface area contributed by atoms with Crippen LogP contribution in [0.2, 0.25) is 0 Å². The van der Waals surface area contributed by atoms with E-state index in [1.165, 1.54) is 11.3 Å². The SMILES string of the molecule is CCOC(=O)c1sccc1N(C(=O)[C@H]1CC[C@H](C)CC1)C1CCN(C)CC1. The first-order valence-corrected chi connectivity index (χ1v) is 11.2. The van der Waals surface area contributed by atoms with Gasteiger partial charge < -0.3 is 14.5 Å². The van der Waals surface area contributed by atoms with Gasteiger partial charge in [0.2, 0.25) is 5.91 Å². The van der Waals surface area contributed by atoms with Crippen molar-refractivity contribution in [2.24, 2.45) is 11.8 Å². The molecule has 1 saturated heterocycles. The summed E-state index contributed by atoms with van der Waals surface area (Å²) in [5, 5.41) is 1.90. The van der Waals surface area contributed by atoms with Crippen LogP contribution in [0.25, 0.3) is 0 Å². The number of amides is 1. The monoisotopic (exact) mass is 392 g/mol. The van der Waals surface area contributed by atoms with Gasteiger partial charge in [0.15, 0.2) is 0 Å². The van der Waals surface area contributed by atoms with Crippen LogP contribution >= 0.6 is 11.3 Å². The molecule has 0 atom stereocenters. The topological polar surface area (TPSA) is 49.9 Å². The quantitative estimate of drug-likeness (QED) is 0.706. The lowest BCUT2D eigenvalue weighted by Gasteiger charge is -2.39. The van der Waals surface area contributed by atoms with Gasteiger partial charge in [-0.25, -0.2) is 4.79 Å². The van der Waals surface area contributed by atoms with Gasteiger partial charge in [-0.3, -0.25) is 4.79 Å². The van der Waals surface area contributed by atoms with Gasteiger partial charge >= 0.3 is 5.97 Å². The Balaban J connectivity index is 1.87. The molecule has 0 radical (unpaired) electrons. The van der Waals surface area contributed by atoms with Gasteiger partial charge in [0.05, 0.1) is 12.3 Å². The molecule has 27 heavy (non-hydrogen) atoms. The lowest BCUT2D eigenvalue weighted by Crippen LogP contribution is -2.49. The number of ether oxygens (including phenoxy) is 1. The molecule has 1 aliphatic carbocycles. The maximum atomic E-state index is 13.6. The Hall–Kier alpha value is -1.40. The summed E-state index contributed by atoms with van der Waals surface area (Å²) in [4.78, 5) is 30.9. The highest BCUT2D eigenvalue weighted by Gasteiger charge is 2.36. The molecule has 1 saturated carbocycles. The average molecular weight is 393 g/mol. The third kappa shape index (κ3) is 4.72. The van der Waals surface area contributed by atoms with E-state index in [-0.39, 0.29) is 23.8 Å². The fourth-order valence-electron chi connectivity index (χ4n) is 4.29. The first-order chi connectivity index (χ1) is 13.0. The van der Waals surface area contributed by atoms with Crippen LogP contribution in [0.4, 0.5) is 5.69 Å². The van der Waals surface area contributed by atoms with Crippen molar-refractivity contribution in [2.75, 3.05) is 31.6 Å². The van der Waals surface area contributed by atoms with Crippen LogP contribution in [0.15, 0.2) is 11.4 Å². The molecule has 2 fully saturated rings. The largest absolute Gasteiger partial charge is 0.462 e. The molecule has 0 spiro atoms. The smallest absolute Gasteiger partial charge is 0.350 e. The van der Waals surface area contributed by atoms with E-state index in [1.807, 2.05) is 23.3 Å². The zero-order valence-electron chi connectivity index (χ0n) is 16.8. The molecule has 2 heterocycles. The number of nitrogens with zero attached hydrogens (tertiary/aromatic N) is 2. The van der Waals surface area contributed by atoms with Gasteiger partial charge in [0, 0.05) is 12.0 Å². The van der Waals surface area contributed by atoms with E-state index in [2.05, 4.69) is 18.9 Å². The minimum atomic E-state index is -0.314. The van der Waals surface area contributed by atoms with E-state index >= 15 is 0 Å². The van der Waals surface area contributed by atoms with E-state index < -0.39 is 0 Å². The fourth-order valence-corrected chi connectivity index (χ4v) is 5.07. The molecule has 1 amide bonds. The molecule has 5 nitrogen and oxygen atoms in total. The third-order valence-corrected chi connectivity index (χ3v) is 6.90. The number of piperidine rings is 1. The number of carbonyl (C=O) groups excluding carboxylic acids is 2. The minimum Gasteiger partial charge on any atom is -0.462 e. The maximum Gasteiger partial charge on any atom is 0.350 e. The van der Waals surface area contributed by atoms with Gasteiger partial charge in [-0.2, -0.15) is 0 Å². The summed E-state index contributed by atoms with van der Waals surface area (Å²) in [6, 6.07) is 2.09. The van der Waals surface area contributed by atoms with Crippen LogP contribution in [-0.2, 0) is 9.53 Å². The molecule has 1 aromatic rings. The predicted octanol–water partition coefficient (Wildman–Crippen LogP) is 4.18. The summed E-state index contributed by atoms with van der Waals surface area (Å²) < 4.78 is 5.25. The highest BCUT2D eigenvalue weighted by atomic mass is 32.1. The van der Waals surface area contributed by atoms with E-state index in [9.17, 15) is 9.59 Å². The predicted molar refractivity (Wildman–Crippen MR) is 109 cm³/mol. The molecule has 3 rings (SSSR count). The number of likely N-dealkylation sites (tertiary alicyclic amines) is 1. The number of carbonyl (C=O) groups is 2. The average Bonchev–Trinajstić information content (AvgIpc) is 3.13. The second kappa shape index (κ2) is 9.20. The van der Waals surface area contributed by atoms with Gasteiger partial charge in [0.25, 0.3) is 0 Å². The second-order valence-electron chi connectivity index (χ2n) is 8.05. The van der Waals surface area contributed by atoms with E-state index in [0.717, 1.165) is 57.3 Å². The zero-order valence-corrected chi connectivity index (χ0v) is 17.6. The summed E-state index contributed by atoms with van der Waals surface area (Å²) in [5.74, 6) is 0.684. The molecular weight excluding hydrogens is 360 g/mol. The van der Waals surface area contributed by atoms with Crippen LogP contribution in [0, 0.1) is 11.8 Å². The van der Waals surface area contributed by atoms with Gasteiger partial charge in [-0.15, -0.1) is 11.3 Å². The maximum absolute atomic E-state index is 13.6. The summed E-state index contributed by atoms with van der Waals surface area (Å²) in [6.07, 6.45) is 6.05. The molecule has 0 aromatic carbocycles. The highest BCUT2D eigenvalue weighted by Crippen LogP contribution is 2.36. The summed E-state index contributed by atoms with van der Waals surface area (Å²) in [5.41, 5.74) is 0.761. The molecule has 0 unspecified atom stereocenters. The molecule has 1 aromatic heterocycles. The van der Waals surface area contributed by atoms with E-state index in [4.69, 9.17) is 4.74 Å². The van der Waals surface area contributed by atoms with Crippen LogP contribution in [0.5, 0.6) is 0 Å². The zero-order chi connectivity index (χ0) is 19.4. The van der Waals surface area contributed by atoms with Gasteiger partial charge in [-0.05, 0) is 83.0 Å². The number of thiophene rings is 1. The second-order valence-corrected chi connectivity index (χ2v) is 8.97. The lowest BCUT2D eigenvalue weighted by atomic mass is 9.82. The molecule has 0 N–H and O–H groups in total. The van der Waals surface area contributed by atoms with Crippen molar-refractivity contribution in [3.8, 4) is 0 Å². The molecule has 2 aliphatic rings. The van der Waals surface area contributed by atoms with Crippen molar-refractivity contribution in [2.45, 2.75) is 58.4 Å². The summed E-state index contributed by atoms with van der Waals surface area (Å²) in [6.45, 7) is 6.39. The van der Waals surface area contributed by atoms with Crippen LogP contribution < -0.4 is 4.90 Å². The van der Waals surface area contributed by atoms with Crippen molar-refractivity contribution in [1.29, 1.82) is 0 Å². The van der Waals surface area contributed by atoms with Crippen LogP contribution in [0.1, 0.15) is 62.0 Å². The first kappa shape index (κ1) is 20.3. The van der Waals surface area contributed by atoms with Crippen molar-refractivity contribution in [3.63, 3.8) is 0 Å². The molecule has 0 bridgehead atoms. The molecule has 150 valence electrons. The Morgan fingerprint density at radius 2 is 1.85 bits per heavy atom. The van der Waals surface area contributed by atoms with Crippen molar-refractivity contribution in [3.05, 3.63) is 16.3 Å². The van der Waals surface area contributed by atoms with Crippen LogP contribution in [0.3, 0.4) is 0 Å². The van der Waals surface area contributed by atoms with E-state index in [0.29, 0.717) is 17.4 Å². The van der Waals surface area contributed by atoms with Crippen molar-refractivity contribution in [1.82, 2.24) is 4.90 Å². The number of hydrogen-bond acceptors (Lipinski definition) is 5. The normalized spacial score (nSPS) is 24.6. The Labute approximate surface area is 166 Å². The van der Waals surface area contributed by atoms with Gasteiger partial charge in [-0.1, -0.05) is 6.92 Å². The Morgan fingerprint density at radius 1 is 1.19 bits per heavy atom. The molecular formula is C21H32N2O3S. The minimum absolute atomic E-state index is 0.0794.